The minimum Gasteiger partial charge on any atom is -0.385 e. The summed E-state index contributed by atoms with van der Waals surface area (Å²) >= 11 is 0. The highest BCUT2D eigenvalue weighted by Gasteiger charge is 2.29. The molecule has 14 nitrogen and oxygen atoms in total. The maximum absolute atomic E-state index is 12.2. The van der Waals surface area contributed by atoms with E-state index in [9.17, 15) is 14.9 Å². The van der Waals surface area contributed by atoms with Crippen molar-refractivity contribution in [1.82, 2.24) is 45.0 Å². The second-order valence-corrected chi connectivity index (χ2v) is 16.5. The van der Waals surface area contributed by atoms with Gasteiger partial charge in [-0.05, 0) is 106 Å². The number of hydrogen-bond donors (Lipinski definition) is 3. The van der Waals surface area contributed by atoms with Gasteiger partial charge in [0.05, 0.1) is 29.9 Å². The molecule has 1 unspecified atom stereocenters. The minimum absolute atomic E-state index is 0.178. The number of imide groups is 1. The number of aromatic nitrogens is 7. The summed E-state index contributed by atoms with van der Waals surface area (Å²) < 4.78 is 3.81. The Morgan fingerprint density at radius 1 is 0.877 bits per heavy atom. The van der Waals surface area contributed by atoms with Gasteiger partial charge < -0.3 is 15.5 Å². The molecule has 4 aromatic heterocycles. The number of carbonyl (C=O) groups is 2. The number of likely N-dealkylation sites (tertiary alicyclic amines) is 1. The predicted molar refractivity (Wildman–Crippen MR) is 216 cm³/mol. The topological polar surface area (TPSA) is 172 Å². The molecule has 2 aliphatic carbocycles. The van der Waals surface area contributed by atoms with E-state index in [1.54, 1.807) is 23.1 Å². The zero-order chi connectivity index (χ0) is 38.7. The number of amides is 2. The molecular formula is C43H50N12O2. The first-order valence-electron chi connectivity index (χ1n) is 20.8. The van der Waals surface area contributed by atoms with Gasteiger partial charge in [-0.2, -0.15) is 15.0 Å². The van der Waals surface area contributed by atoms with E-state index in [1.165, 1.54) is 45.1 Å². The summed E-state index contributed by atoms with van der Waals surface area (Å²) in [5, 5.41) is 33.9. The maximum atomic E-state index is 12.2. The third-order valence-electron chi connectivity index (χ3n) is 12.7. The van der Waals surface area contributed by atoms with Crippen LogP contribution in [0, 0.1) is 23.2 Å². The second kappa shape index (κ2) is 16.4. The number of anilines is 2. The number of nitrogens with zero attached hydrogens (tertiary/aromatic N) is 9. The van der Waals surface area contributed by atoms with Crippen LogP contribution in [-0.2, 0) is 9.59 Å². The molecule has 14 heteroatoms. The summed E-state index contributed by atoms with van der Waals surface area (Å²) in [6.45, 7) is 4.42. The summed E-state index contributed by atoms with van der Waals surface area (Å²) in [7, 11) is 0. The molecule has 2 saturated carbocycles. The summed E-state index contributed by atoms with van der Waals surface area (Å²) in [5.41, 5.74) is 5.94. The van der Waals surface area contributed by atoms with Gasteiger partial charge in [-0.25, -0.2) is 14.6 Å². The Morgan fingerprint density at radius 2 is 1.68 bits per heavy atom. The third-order valence-corrected chi connectivity index (χ3v) is 12.7. The van der Waals surface area contributed by atoms with Crippen molar-refractivity contribution in [3.05, 3.63) is 72.3 Å². The largest absolute Gasteiger partial charge is 0.385 e. The molecule has 0 spiro atoms. The van der Waals surface area contributed by atoms with Crippen LogP contribution < -0.4 is 16.0 Å². The Morgan fingerprint density at radius 3 is 2.46 bits per heavy atom. The van der Waals surface area contributed by atoms with E-state index in [0.717, 1.165) is 78.9 Å². The van der Waals surface area contributed by atoms with Crippen LogP contribution in [0.2, 0.25) is 0 Å². The van der Waals surface area contributed by atoms with Crippen molar-refractivity contribution in [2.75, 3.05) is 36.8 Å². The van der Waals surface area contributed by atoms with Crippen LogP contribution in [0.25, 0.3) is 28.1 Å². The van der Waals surface area contributed by atoms with E-state index in [1.807, 2.05) is 24.4 Å². The normalized spacial score (nSPS) is 22.4. The Bertz CT molecular complexity index is 2250. The van der Waals surface area contributed by atoms with Crippen molar-refractivity contribution < 1.29 is 9.59 Å². The summed E-state index contributed by atoms with van der Waals surface area (Å²) in [4.78, 5) is 35.7. The summed E-state index contributed by atoms with van der Waals surface area (Å²) in [6, 6.07) is 14.9. The Hall–Kier alpha value is -5.68. The molecule has 2 amide bonds. The SMILES string of the molecule is N#Cc1cnc2c(cnn2-c2cc(NC3CCCC3)c(-c3cn(C4CCC(CN5CCC(CNc6ccc(C7CCC(=O)NC7=O)cc6)CC5)CC4)nn3)cn2)c1. The highest BCUT2D eigenvalue weighted by atomic mass is 16.2. The molecule has 294 valence electrons. The van der Waals surface area contributed by atoms with Crippen molar-refractivity contribution in [1.29, 1.82) is 5.26 Å². The average Bonchev–Trinajstić information content (AvgIpc) is 4.03. The zero-order valence-electron chi connectivity index (χ0n) is 32.3. The number of nitriles is 1. The molecule has 2 aliphatic heterocycles. The molecular weight excluding hydrogens is 717 g/mol. The van der Waals surface area contributed by atoms with Gasteiger partial charge in [0.25, 0.3) is 0 Å². The van der Waals surface area contributed by atoms with Crippen molar-refractivity contribution in [3.8, 4) is 23.1 Å². The summed E-state index contributed by atoms with van der Waals surface area (Å²) in [6.07, 6.45) is 20.0. The molecule has 3 N–H and O–H groups in total. The molecule has 1 atom stereocenters. The van der Waals surface area contributed by atoms with Crippen molar-refractivity contribution in [3.63, 3.8) is 0 Å². The van der Waals surface area contributed by atoms with Gasteiger partial charge in [0.2, 0.25) is 11.8 Å². The maximum Gasteiger partial charge on any atom is 0.234 e. The van der Waals surface area contributed by atoms with E-state index in [-0.39, 0.29) is 17.7 Å². The van der Waals surface area contributed by atoms with Gasteiger partial charge in [0.1, 0.15) is 11.8 Å². The van der Waals surface area contributed by atoms with Crippen LogP contribution >= 0.6 is 0 Å². The summed E-state index contributed by atoms with van der Waals surface area (Å²) in [5.74, 6) is 1.41. The highest BCUT2D eigenvalue weighted by Crippen LogP contribution is 2.36. The van der Waals surface area contributed by atoms with E-state index in [0.29, 0.717) is 53.8 Å². The standard InChI is InChI=1S/C43H50N12O2/c44-21-30-19-32-24-48-55(42(32)47-23-30)40-20-38(49-34-3-1-2-4-34)37(25-46-40)39-27-54(52-51-39)35-11-5-29(6-12-35)26-53-17-15-28(16-18-53)22-45-33-9-7-31(8-10-33)36-13-14-41(56)50-43(36)57/h7-10,19-20,23-25,27-29,34-36,45H,1-6,11-18,22,26H2,(H,46,49)(H,50,56,57). The van der Waals surface area contributed by atoms with Crippen LogP contribution in [-0.4, -0.2) is 83.7 Å². The van der Waals surface area contributed by atoms with Gasteiger partial charge in [-0.15, -0.1) is 5.10 Å². The molecule has 1 aromatic carbocycles. The van der Waals surface area contributed by atoms with Gasteiger partial charge >= 0.3 is 0 Å². The van der Waals surface area contributed by atoms with Crippen molar-refractivity contribution >= 4 is 34.2 Å². The molecule has 2 saturated heterocycles. The van der Waals surface area contributed by atoms with E-state index >= 15 is 0 Å². The Balaban J connectivity index is 0.765. The quantitative estimate of drug-likeness (QED) is 0.128. The Labute approximate surface area is 332 Å². The molecule has 4 fully saturated rings. The van der Waals surface area contributed by atoms with Gasteiger partial charge in [0, 0.05) is 66.3 Å². The lowest BCUT2D eigenvalue weighted by atomic mass is 9.85. The van der Waals surface area contributed by atoms with Crippen LogP contribution in [0.3, 0.4) is 0 Å². The fraction of sp³-hybridized carbons (Fsp3) is 0.488. The first-order chi connectivity index (χ1) is 28.0. The third kappa shape index (κ3) is 8.25. The van der Waals surface area contributed by atoms with E-state index < -0.39 is 0 Å². The van der Waals surface area contributed by atoms with Crippen LogP contribution in [0.1, 0.15) is 100 Å². The molecule has 6 heterocycles. The number of fused-ring (bicyclic) bond motifs is 1. The van der Waals surface area contributed by atoms with Gasteiger partial charge in [0.15, 0.2) is 11.5 Å². The van der Waals surface area contributed by atoms with Gasteiger partial charge in [-0.3, -0.25) is 14.9 Å². The first-order valence-corrected chi connectivity index (χ1v) is 20.8. The molecule has 0 radical (unpaired) electrons. The van der Waals surface area contributed by atoms with Crippen LogP contribution in [0.4, 0.5) is 11.4 Å². The van der Waals surface area contributed by atoms with Crippen molar-refractivity contribution in [2.45, 2.75) is 95.1 Å². The number of carbonyl (C=O) groups excluding carboxylic acids is 2. The molecule has 4 aliphatic rings. The molecule has 5 aromatic rings. The van der Waals surface area contributed by atoms with E-state index in [4.69, 9.17) is 4.98 Å². The first kappa shape index (κ1) is 36.9. The zero-order valence-corrected chi connectivity index (χ0v) is 32.3. The van der Waals surface area contributed by atoms with Crippen LogP contribution in [0.5, 0.6) is 0 Å². The fourth-order valence-electron chi connectivity index (χ4n) is 9.34. The average molecular weight is 767 g/mol. The van der Waals surface area contributed by atoms with E-state index in [2.05, 4.69) is 70.3 Å². The number of nitrogens with one attached hydrogen (secondary N) is 3. The second-order valence-electron chi connectivity index (χ2n) is 16.5. The lowest BCUT2D eigenvalue weighted by Crippen LogP contribution is -2.39. The smallest absolute Gasteiger partial charge is 0.234 e. The fourth-order valence-corrected chi connectivity index (χ4v) is 9.34. The lowest BCUT2D eigenvalue weighted by molar-refractivity contribution is -0.134. The van der Waals surface area contributed by atoms with Crippen molar-refractivity contribution in [2.24, 2.45) is 11.8 Å². The van der Waals surface area contributed by atoms with Crippen LogP contribution in [0.15, 0.2) is 61.2 Å². The minimum atomic E-state index is -0.242. The molecule has 57 heavy (non-hydrogen) atoms. The molecule has 0 bridgehead atoms. The highest BCUT2D eigenvalue weighted by molar-refractivity contribution is 6.01. The number of pyridine rings is 2. The number of rotatable bonds is 11. The predicted octanol–water partition coefficient (Wildman–Crippen LogP) is 6.38. The number of hydrogen-bond acceptors (Lipinski definition) is 11. The number of piperidine rings is 2. The Kier molecular flexibility index (Phi) is 10.6. The number of benzene rings is 1. The lowest BCUT2D eigenvalue weighted by Gasteiger charge is -2.36. The molecule has 9 rings (SSSR count). The van der Waals surface area contributed by atoms with Gasteiger partial charge in [-0.1, -0.05) is 30.2 Å². The monoisotopic (exact) mass is 766 g/mol.